The van der Waals surface area contributed by atoms with Crippen LogP contribution in [0.2, 0.25) is 0 Å². The Morgan fingerprint density at radius 1 is 1.24 bits per heavy atom. The van der Waals surface area contributed by atoms with Crippen LogP contribution in [0.5, 0.6) is 5.75 Å². The number of hydrogen-bond donors (Lipinski definition) is 1. The molecule has 0 unspecified atom stereocenters. The van der Waals surface area contributed by atoms with Crippen LogP contribution < -0.4 is 10.1 Å². The van der Waals surface area contributed by atoms with Gasteiger partial charge in [0.2, 0.25) is 5.13 Å². The van der Waals surface area contributed by atoms with Crippen LogP contribution in [0.4, 0.5) is 18.3 Å². The standard InChI is InChI=1S/C16H18F3N3O2S/c1-3-10(4-2)14-21-22-15(25-14)20-13(23)9-24-12-8-6-5-7-11(12)16(17,18)19/h5-8,10H,3-4,9H2,1-2H3,(H,20,22,23). The summed E-state index contributed by atoms with van der Waals surface area (Å²) in [6.07, 6.45) is -2.72. The largest absolute Gasteiger partial charge is 0.483 e. The van der Waals surface area contributed by atoms with Crippen LogP contribution in [0, 0.1) is 0 Å². The Morgan fingerprint density at radius 2 is 1.92 bits per heavy atom. The second-order valence-electron chi connectivity index (χ2n) is 5.29. The number of benzene rings is 1. The van der Waals surface area contributed by atoms with E-state index in [-0.39, 0.29) is 11.7 Å². The number of nitrogens with one attached hydrogen (secondary N) is 1. The molecule has 1 aromatic heterocycles. The molecule has 25 heavy (non-hydrogen) atoms. The summed E-state index contributed by atoms with van der Waals surface area (Å²) in [5, 5.41) is 11.5. The van der Waals surface area contributed by atoms with Gasteiger partial charge in [0.25, 0.3) is 5.91 Å². The number of para-hydroxylation sites is 1. The number of ether oxygens (including phenoxy) is 1. The minimum absolute atomic E-state index is 0.276. The highest BCUT2D eigenvalue weighted by Crippen LogP contribution is 2.35. The molecule has 0 aliphatic rings. The number of carbonyl (C=O) groups is 1. The van der Waals surface area contributed by atoms with E-state index in [4.69, 9.17) is 4.74 Å². The zero-order valence-corrected chi connectivity index (χ0v) is 14.6. The van der Waals surface area contributed by atoms with E-state index in [0.717, 1.165) is 23.9 Å². The van der Waals surface area contributed by atoms with Gasteiger partial charge in [0.15, 0.2) is 6.61 Å². The van der Waals surface area contributed by atoms with Crippen molar-refractivity contribution in [2.24, 2.45) is 0 Å². The van der Waals surface area contributed by atoms with Gasteiger partial charge in [-0.15, -0.1) is 10.2 Å². The van der Waals surface area contributed by atoms with E-state index < -0.39 is 24.3 Å². The normalized spacial score (nSPS) is 11.6. The van der Waals surface area contributed by atoms with Crippen LogP contribution in [-0.4, -0.2) is 22.7 Å². The molecule has 1 N–H and O–H groups in total. The summed E-state index contributed by atoms with van der Waals surface area (Å²) in [5.74, 6) is -0.706. The second-order valence-corrected chi connectivity index (χ2v) is 6.30. The first-order chi connectivity index (χ1) is 11.8. The minimum Gasteiger partial charge on any atom is -0.483 e. The maximum atomic E-state index is 12.9. The third kappa shape index (κ3) is 5.15. The SMILES string of the molecule is CCC(CC)c1nnc(NC(=O)COc2ccccc2C(F)(F)F)s1. The lowest BCUT2D eigenvalue weighted by Gasteiger charge is -2.13. The fraction of sp³-hybridized carbons (Fsp3) is 0.438. The number of amides is 1. The summed E-state index contributed by atoms with van der Waals surface area (Å²) in [6, 6.07) is 4.75. The third-order valence-electron chi connectivity index (χ3n) is 3.57. The van der Waals surface area contributed by atoms with E-state index in [2.05, 4.69) is 15.5 Å². The van der Waals surface area contributed by atoms with E-state index in [1.54, 1.807) is 0 Å². The van der Waals surface area contributed by atoms with Crippen molar-refractivity contribution in [1.82, 2.24) is 10.2 Å². The Hall–Kier alpha value is -2.16. The highest BCUT2D eigenvalue weighted by atomic mass is 32.1. The lowest BCUT2D eigenvalue weighted by atomic mass is 10.1. The van der Waals surface area contributed by atoms with Crippen molar-refractivity contribution >= 4 is 22.4 Å². The fourth-order valence-corrected chi connectivity index (χ4v) is 3.24. The first kappa shape index (κ1) is 19.2. The van der Waals surface area contributed by atoms with E-state index in [1.807, 2.05) is 13.8 Å². The first-order valence-corrected chi connectivity index (χ1v) is 8.59. The van der Waals surface area contributed by atoms with Gasteiger partial charge in [0.05, 0.1) is 5.56 Å². The summed E-state index contributed by atoms with van der Waals surface area (Å²) in [4.78, 5) is 11.9. The lowest BCUT2D eigenvalue weighted by molar-refractivity contribution is -0.139. The van der Waals surface area contributed by atoms with Crippen LogP contribution in [0.25, 0.3) is 0 Å². The zero-order valence-electron chi connectivity index (χ0n) is 13.8. The molecule has 0 saturated heterocycles. The molecule has 0 aliphatic heterocycles. The van der Waals surface area contributed by atoms with Crippen molar-refractivity contribution in [3.8, 4) is 5.75 Å². The Labute approximate surface area is 147 Å². The van der Waals surface area contributed by atoms with Crippen molar-refractivity contribution in [1.29, 1.82) is 0 Å². The van der Waals surface area contributed by atoms with E-state index in [0.29, 0.717) is 5.13 Å². The van der Waals surface area contributed by atoms with Gasteiger partial charge in [0, 0.05) is 5.92 Å². The predicted molar refractivity (Wildman–Crippen MR) is 88.8 cm³/mol. The molecule has 1 amide bonds. The fourth-order valence-electron chi connectivity index (χ4n) is 2.21. The molecule has 0 spiro atoms. The van der Waals surface area contributed by atoms with Gasteiger partial charge in [-0.05, 0) is 25.0 Å². The average Bonchev–Trinajstić information content (AvgIpc) is 3.02. The summed E-state index contributed by atoms with van der Waals surface area (Å²) < 4.78 is 43.6. The summed E-state index contributed by atoms with van der Waals surface area (Å²) >= 11 is 1.26. The molecule has 0 aliphatic carbocycles. The number of alkyl halides is 3. The second kappa shape index (κ2) is 8.28. The van der Waals surface area contributed by atoms with Gasteiger partial charge in [-0.1, -0.05) is 37.3 Å². The van der Waals surface area contributed by atoms with Crippen molar-refractivity contribution in [2.45, 2.75) is 38.8 Å². The highest BCUT2D eigenvalue weighted by molar-refractivity contribution is 7.15. The van der Waals surface area contributed by atoms with Crippen molar-refractivity contribution < 1.29 is 22.7 Å². The number of rotatable bonds is 7. The topological polar surface area (TPSA) is 64.1 Å². The monoisotopic (exact) mass is 373 g/mol. The van der Waals surface area contributed by atoms with Gasteiger partial charge in [-0.3, -0.25) is 10.1 Å². The molecule has 0 fully saturated rings. The molecule has 136 valence electrons. The molecule has 0 bridgehead atoms. The molecule has 0 atom stereocenters. The van der Waals surface area contributed by atoms with Gasteiger partial charge in [0.1, 0.15) is 10.8 Å². The van der Waals surface area contributed by atoms with E-state index >= 15 is 0 Å². The maximum absolute atomic E-state index is 12.9. The Kier molecular flexibility index (Phi) is 6.35. The molecule has 1 aromatic carbocycles. The van der Waals surface area contributed by atoms with Crippen molar-refractivity contribution in [3.05, 3.63) is 34.8 Å². The number of halogens is 3. The quantitative estimate of drug-likeness (QED) is 0.777. The van der Waals surface area contributed by atoms with Crippen LogP contribution in [0.3, 0.4) is 0 Å². The zero-order chi connectivity index (χ0) is 18.4. The number of hydrogen-bond acceptors (Lipinski definition) is 5. The molecule has 9 heteroatoms. The molecule has 2 rings (SSSR count). The molecule has 5 nitrogen and oxygen atoms in total. The van der Waals surface area contributed by atoms with Gasteiger partial charge < -0.3 is 4.74 Å². The third-order valence-corrected chi connectivity index (χ3v) is 4.57. The molecule has 1 heterocycles. The van der Waals surface area contributed by atoms with Crippen LogP contribution >= 0.6 is 11.3 Å². The summed E-state index contributed by atoms with van der Waals surface area (Å²) in [5.41, 5.74) is -0.922. The number of anilines is 1. The maximum Gasteiger partial charge on any atom is 0.419 e. The smallest absolute Gasteiger partial charge is 0.419 e. The van der Waals surface area contributed by atoms with Crippen LogP contribution in [-0.2, 0) is 11.0 Å². The Balaban J connectivity index is 1.96. The number of nitrogens with zero attached hydrogens (tertiary/aromatic N) is 2. The van der Waals surface area contributed by atoms with Crippen molar-refractivity contribution in [2.75, 3.05) is 11.9 Å². The molecule has 2 aromatic rings. The predicted octanol–water partition coefficient (Wildman–Crippen LogP) is 4.48. The number of carbonyl (C=O) groups excluding carboxylic acids is 1. The number of aromatic nitrogens is 2. The Bertz CT molecular complexity index is 715. The van der Waals surface area contributed by atoms with Crippen LogP contribution in [0.15, 0.2) is 24.3 Å². The van der Waals surface area contributed by atoms with Crippen LogP contribution in [0.1, 0.15) is 43.2 Å². The molecule has 0 saturated carbocycles. The van der Waals surface area contributed by atoms with Gasteiger partial charge >= 0.3 is 6.18 Å². The molecular weight excluding hydrogens is 355 g/mol. The average molecular weight is 373 g/mol. The molecule has 0 radical (unpaired) electrons. The Morgan fingerprint density at radius 3 is 2.56 bits per heavy atom. The van der Waals surface area contributed by atoms with Gasteiger partial charge in [-0.2, -0.15) is 13.2 Å². The highest BCUT2D eigenvalue weighted by Gasteiger charge is 2.34. The minimum atomic E-state index is -4.55. The summed E-state index contributed by atoms with van der Waals surface area (Å²) in [6.45, 7) is 3.53. The summed E-state index contributed by atoms with van der Waals surface area (Å²) in [7, 11) is 0. The van der Waals surface area contributed by atoms with E-state index in [1.165, 1.54) is 29.5 Å². The van der Waals surface area contributed by atoms with E-state index in [9.17, 15) is 18.0 Å². The lowest BCUT2D eigenvalue weighted by Crippen LogP contribution is -2.21. The molecular formula is C16H18F3N3O2S. The first-order valence-electron chi connectivity index (χ1n) is 7.77. The van der Waals surface area contributed by atoms with Gasteiger partial charge in [-0.25, -0.2) is 0 Å². The van der Waals surface area contributed by atoms with Crippen molar-refractivity contribution in [3.63, 3.8) is 0 Å².